The first-order chi connectivity index (χ1) is 17.4. The number of nitrogens with one attached hydrogen (secondary N) is 1. The standard InChI is InChI=1S/C27H28F3N3O4/c1-26(2,3)15-22(37-25(35)27(28,29)30)32-12-13-33-21(16-31)23(17-8-6-5-7-9-17)20-14-18(36-4)10-11-19(20)24(33)34/h5-11,14,22,32H,12-13,15H2,1-4H3. The van der Waals surface area contributed by atoms with Gasteiger partial charge in [0, 0.05) is 35.8 Å². The molecular weight excluding hydrogens is 487 g/mol. The number of methoxy groups -OCH3 is 1. The highest BCUT2D eigenvalue weighted by molar-refractivity contribution is 5.99. The van der Waals surface area contributed by atoms with Gasteiger partial charge in [0.1, 0.15) is 17.5 Å². The van der Waals surface area contributed by atoms with Crippen LogP contribution in [0.5, 0.6) is 5.75 Å². The van der Waals surface area contributed by atoms with Gasteiger partial charge in [0.05, 0.1) is 7.11 Å². The lowest BCUT2D eigenvalue weighted by Crippen LogP contribution is -2.42. The number of esters is 1. The van der Waals surface area contributed by atoms with Gasteiger partial charge in [-0.2, -0.15) is 18.4 Å². The fourth-order valence-corrected chi connectivity index (χ4v) is 4.02. The van der Waals surface area contributed by atoms with Gasteiger partial charge in [0.2, 0.25) is 0 Å². The summed E-state index contributed by atoms with van der Waals surface area (Å²) in [7, 11) is 1.50. The van der Waals surface area contributed by atoms with Crippen LogP contribution in [0.15, 0.2) is 53.3 Å². The molecule has 1 heterocycles. The van der Waals surface area contributed by atoms with Gasteiger partial charge in [-0.15, -0.1) is 0 Å². The molecule has 3 rings (SSSR count). The molecule has 37 heavy (non-hydrogen) atoms. The van der Waals surface area contributed by atoms with Crippen molar-refractivity contribution in [3.05, 3.63) is 64.6 Å². The molecule has 0 aliphatic heterocycles. The van der Waals surface area contributed by atoms with Crippen LogP contribution in [-0.2, 0) is 16.1 Å². The summed E-state index contributed by atoms with van der Waals surface area (Å²) in [5, 5.41) is 13.8. The monoisotopic (exact) mass is 515 g/mol. The minimum Gasteiger partial charge on any atom is -0.497 e. The number of carbonyl (C=O) groups excluding carboxylic acids is 1. The molecule has 2 aromatic carbocycles. The zero-order chi connectivity index (χ0) is 27.4. The van der Waals surface area contributed by atoms with Crippen LogP contribution in [0.2, 0.25) is 0 Å². The van der Waals surface area contributed by atoms with Gasteiger partial charge < -0.3 is 9.47 Å². The van der Waals surface area contributed by atoms with Gasteiger partial charge >= 0.3 is 12.1 Å². The lowest BCUT2D eigenvalue weighted by molar-refractivity contribution is -0.207. The predicted octanol–water partition coefficient (Wildman–Crippen LogP) is 5.01. The van der Waals surface area contributed by atoms with Crippen molar-refractivity contribution >= 4 is 16.7 Å². The number of carbonyl (C=O) groups is 1. The largest absolute Gasteiger partial charge is 0.497 e. The van der Waals surface area contributed by atoms with Crippen LogP contribution in [-0.4, -0.2) is 36.6 Å². The maximum atomic E-state index is 13.4. The predicted molar refractivity (Wildman–Crippen MR) is 133 cm³/mol. The Hall–Kier alpha value is -3.84. The average Bonchev–Trinajstić information content (AvgIpc) is 2.83. The van der Waals surface area contributed by atoms with Crippen LogP contribution in [0, 0.1) is 16.7 Å². The highest BCUT2D eigenvalue weighted by Crippen LogP contribution is 2.32. The van der Waals surface area contributed by atoms with Crippen LogP contribution < -0.4 is 15.6 Å². The Morgan fingerprint density at radius 1 is 1.11 bits per heavy atom. The van der Waals surface area contributed by atoms with Crippen molar-refractivity contribution in [2.75, 3.05) is 13.7 Å². The third-order valence-corrected chi connectivity index (χ3v) is 5.63. The summed E-state index contributed by atoms with van der Waals surface area (Å²) in [6, 6.07) is 16.2. The Kier molecular flexibility index (Phi) is 8.28. The Balaban J connectivity index is 2.02. The minimum absolute atomic E-state index is 0.0314. The molecule has 1 aromatic heterocycles. The smallest absolute Gasteiger partial charge is 0.490 e. The van der Waals surface area contributed by atoms with E-state index in [0.29, 0.717) is 27.6 Å². The molecule has 7 nitrogen and oxygen atoms in total. The highest BCUT2D eigenvalue weighted by atomic mass is 19.4. The van der Waals surface area contributed by atoms with E-state index in [1.54, 1.807) is 39.0 Å². The van der Waals surface area contributed by atoms with Crippen LogP contribution >= 0.6 is 0 Å². The number of hydrogen-bond acceptors (Lipinski definition) is 6. The first-order valence-corrected chi connectivity index (χ1v) is 11.6. The Morgan fingerprint density at radius 3 is 2.35 bits per heavy atom. The molecule has 0 aliphatic rings. The van der Waals surface area contributed by atoms with E-state index in [9.17, 15) is 28.0 Å². The van der Waals surface area contributed by atoms with E-state index in [0.717, 1.165) is 0 Å². The van der Waals surface area contributed by atoms with Crippen LogP contribution in [0.25, 0.3) is 21.9 Å². The lowest BCUT2D eigenvalue weighted by atomic mass is 9.91. The Morgan fingerprint density at radius 2 is 1.78 bits per heavy atom. The van der Waals surface area contributed by atoms with Gasteiger partial charge in [0.25, 0.3) is 5.56 Å². The van der Waals surface area contributed by atoms with E-state index in [1.165, 1.54) is 11.7 Å². The molecule has 10 heteroatoms. The fourth-order valence-electron chi connectivity index (χ4n) is 4.02. The minimum atomic E-state index is -5.13. The summed E-state index contributed by atoms with van der Waals surface area (Å²) < 4.78 is 49.7. The number of rotatable bonds is 8. The Bertz CT molecular complexity index is 1370. The fraction of sp³-hybridized carbons (Fsp3) is 0.370. The molecule has 0 aliphatic carbocycles. The number of fused-ring (bicyclic) bond motifs is 1. The second-order valence-electron chi connectivity index (χ2n) is 9.68. The molecule has 0 spiro atoms. The summed E-state index contributed by atoms with van der Waals surface area (Å²) >= 11 is 0. The maximum absolute atomic E-state index is 13.4. The number of benzene rings is 2. The van der Waals surface area contributed by atoms with Crippen molar-refractivity contribution in [2.45, 2.75) is 46.1 Å². The van der Waals surface area contributed by atoms with E-state index in [-0.39, 0.29) is 25.2 Å². The Labute approximate surface area is 212 Å². The maximum Gasteiger partial charge on any atom is 0.490 e. The number of halogens is 3. The summed E-state index contributed by atoms with van der Waals surface area (Å²) in [6.07, 6.45) is -6.28. The van der Waals surface area contributed by atoms with Crippen molar-refractivity contribution < 1.29 is 27.4 Å². The van der Waals surface area contributed by atoms with E-state index in [2.05, 4.69) is 16.1 Å². The summed E-state index contributed by atoms with van der Waals surface area (Å²) in [6.45, 7) is 5.31. The molecule has 0 saturated heterocycles. The number of nitrogens with zero attached hydrogens (tertiary/aromatic N) is 2. The SMILES string of the molecule is COc1ccc2c(=O)n(CCNC(CC(C)(C)C)OC(=O)C(F)(F)F)c(C#N)c(-c3ccccc3)c2c1. The van der Waals surface area contributed by atoms with Gasteiger partial charge in [0.15, 0.2) is 6.23 Å². The van der Waals surface area contributed by atoms with Crippen molar-refractivity contribution in [2.24, 2.45) is 5.41 Å². The summed E-state index contributed by atoms with van der Waals surface area (Å²) in [5.41, 5.74) is 0.449. The zero-order valence-electron chi connectivity index (χ0n) is 21.0. The molecule has 1 N–H and O–H groups in total. The molecule has 3 aromatic rings. The van der Waals surface area contributed by atoms with E-state index >= 15 is 0 Å². The molecule has 196 valence electrons. The van der Waals surface area contributed by atoms with Crippen molar-refractivity contribution in [1.82, 2.24) is 9.88 Å². The third kappa shape index (κ3) is 6.68. The normalized spacial score (nSPS) is 12.7. The topological polar surface area (TPSA) is 93.3 Å². The second kappa shape index (κ2) is 11.0. The molecule has 0 bridgehead atoms. The van der Waals surface area contributed by atoms with Crippen molar-refractivity contribution in [3.8, 4) is 22.9 Å². The van der Waals surface area contributed by atoms with Crippen LogP contribution in [0.4, 0.5) is 13.2 Å². The average molecular weight is 516 g/mol. The molecule has 1 unspecified atom stereocenters. The lowest BCUT2D eigenvalue weighted by Gasteiger charge is -2.27. The van der Waals surface area contributed by atoms with Crippen LogP contribution in [0.3, 0.4) is 0 Å². The summed E-state index contributed by atoms with van der Waals surface area (Å²) in [4.78, 5) is 24.9. The van der Waals surface area contributed by atoms with Crippen molar-refractivity contribution in [3.63, 3.8) is 0 Å². The molecule has 0 fully saturated rings. The molecule has 0 saturated carbocycles. The second-order valence-corrected chi connectivity index (χ2v) is 9.68. The van der Waals surface area contributed by atoms with Gasteiger partial charge in [-0.25, -0.2) is 4.79 Å². The number of aromatic nitrogens is 1. The summed E-state index contributed by atoms with van der Waals surface area (Å²) in [5.74, 6) is -1.78. The van der Waals surface area contributed by atoms with E-state index < -0.39 is 29.3 Å². The van der Waals surface area contributed by atoms with Gasteiger partial charge in [-0.1, -0.05) is 51.1 Å². The molecule has 0 amide bonds. The number of alkyl halides is 3. The highest BCUT2D eigenvalue weighted by Gasteiger charge is 2.42. The van der Waals surface area contributed by atoms with Gasteiger partial charge in [-0.05, 0) is 29.2 Å². The van der Waals surface area contributed by atoms with E-state index in [1.807, 2.05) is 30.3 Å². The van der Waals surface area contributed by atoms with E-state index in [4.69, 9.17) is 4.74 Å². The molecule has 1 atom stereocenters. The zero-order valence-corrected chi connectivity index (χ0v) is 21.0. The van der Waals surface area contributed by atoms with Crippen LogP contribution in [0.1, 0.15) is 32.9 Å². The third-order valence-electron chi connectivity index (χ3n) is 5.63. The first-order valence-electron chi connectivity index (χ1n) is 11.6. The van der Waals surface area contributed by atoms with Gasteiger partial charge in [-0.3, -0.25) is 14.7 Å². The first kappa shape index (κ1) is 27.7. The van der Waals surface area contributed by atoms with Crippen molar-refractivity contribution in [1.29, 1.82) is 5.26 Å². The molecular formula is C27H28F3N3O4. The number of hydrogen-bond donors (Lipinski definition) is 1. The quantitative estimate of drug-likeness (QED) is 0.335. The number of ether oxygens (including phenoxy) is 2. The number of nitriles is 1. The number of pyridine rings is 1. The molecule has 0 radical (unpaired) electrons.